The van der Waals surface area contributed by atoms with Crippen LogP contribution in [0.1, 0.15) is 12.6 Å². The molecular weight excluding hydrogens is 402 g/mol. The largest absolute Gasteiger partial charge is 0.494 e. The van der Waals surface area contributed by atoms with Crippen LogP contribution in [0.15, 0.2) is 65.0 Å². The highest BCUT2D eigenvalue weighted by molar-refractivity contribution is 7.98. The lowest BCUT2D eigenvalue weighted by molar-refractivity contribution is -0.115. The summed E-state index contributed by atoms with van der Waals surface area (Å²) in [6.45, 7) is 2.61. The molecule has 0 fully saturated rings. The first-order valence-electron chi connectivity index (χ1n) is 9.29. The number of nitrogens with one attached hydrogen (secondary N) is 1. The molecule has 2 aromatic carbocycles. The van der Waals surface area contributed by atoms with Crippen molar-refractivity contribution in [1.29, 1.82) is 0 Å². The van der Waals surface area contributed by atoms with Gasteiger partial charge >= 0.3 is 0 Å². The Bertz CT molecular complexity index is 1120. The average Bonchev–Trinajstić information content (AvgIpc) is 3.31. The zero-order valence-electron chi connectivity index (χ0n) is 16.2. The van der Waals surface area contributed by atoms with E-state index in [1.807, 2.05) is 77.7 Å². The summed E-state index contributed by atoms with van der Waals surface area (Å²) in [6.07, 6.45) is 4.31. The maximum atomic E-state index is 12.5. The molecule has 0 unspecified atom stereocenters. The minimum Gasteiger partial charge on any atom is -0.494 e. The van der Waals surface area contributed by atoms with Gasteiger partial charge in [0.2, 0.25) is 5.91 Å². The lowest BCUT2D eigenvalue weighted by Gasteiger charge is -2.05. The van der Waals surface area contributed by atoms with Crippen molar-refractivity contribution in [1.82, 2.24) is 9.38 Å². The summed E-state index contributed by atoms with van der Waals surface area (Å²) < 4.78 is 7.49. The fourth-order valence-corrected chi connectivity index (χ4v) is 4.31. The number of anilines is 1. The number of amides is 1. The van der Waals surface area contributed by atoms with E-state index in [0.29, 0.717) is 13.0 Å². The second-order valence-electron chi connectivity index (χ2n) is 6.42. The van der Waals surface area contributed by atoms with E-state index in [0.717, 1.165) is 33.3 Å². The maximum Gasteiger partial charge on any atom is 0.230 e. The number of imidazole rings is 1. The Morgan fingerprint density at radius 1 is 1.17 bits per heavy atom. The highest BCUT2D eigenvalue weighted by Crippen LogP contribution is 2.26. The number of hydrogen-bond acceptors (Lipinski definition) is 5. The third kappa shape index (κ3) is 4.46. The zero-order chi connectivity index (χ0) is 20.2. The Labute approximate surface area is 177 Å². The third-order valence-corrected chi connectivity index (χ3v) is 6.09. The lowest BCUT2D eigenvalue weighted by atomic mass is 10.1. The maximum absolute atomic E-state index is 12.5. The van der Waals surface area contributed by atoms with Crippen molar-refractivity contribution in [2.45, 2.75) is 18.2 Å². The van der Waals surface area contributed by atoms with E-state index in [9.17, 15) is 4.79 Å². The summed E-state index contributed by atoms with van der Waals surface area (Å²) in [4.78, 5) is 19.2. The number of benzene rings is 2. The highest BCUT2D eigenvalue weighted by atomic mass is 32.2. The van der Waals surface area contributed by atoms with Gasteiger partial charge in [-0.3, -0.25) is 9.20 Å². The standard InChI is InChI=1S/C22H21N3O2S2/c1-3-27-18-8-4-15(5-9-18)20-13-25-17(14-29-22(25)24-20)12-21(26)23-16-6-10-19(28-2)11-7-16/h4-11,13-14H,3,12H2,1-2H3,(H,23,26). The summed E-state index contributed by atoms with van der Waals surface area (Å²) >= 11 is 3.21. The first-order chi connectivity index (χ1) is 14.2. The molecule has 0 saturated heterocycles. The summed E-state index contributed by atoms with van der Waals surface area (Å²) in [5.41, 5.74) is 3.63. The van der Waals surface area contributed by atoms with Crippen molar-refractivity contribution >= 4 is 39.7 Å². The van der Waals surface area contributed by atoms with Gasteiger partial charge in [-0.15, -0.1) is 23.1 Å². The Kier molecular flexibility index (Phi) is 5.87. The summed E-state index contributed by atoms with van der Waals surface area (Å²) in [5.74, 6) is 0.804. The van der Waals surface area contributed by atoms with E-state index in [1.165, 1.54) is 16.2 Å². The second kappa shape index (κ2) is 8.71. The number of thiazole rings is 1. The number of ether oxygens (including phenoxy) is 1. The summed E-state index contributed by atoms with van der Waals surface area (Å²) in [5, 5.41) is 4.95. The van der Waals surface area contributed by atoms with Gasteiger partial charge in [0.25, 0.3) is 0 Å². The predicted octanol–water partition coefficient (Wildman–Crippen LogP) is 5.36. The predicted molar refractivity (Wildman–Crippen MR) is 120 cm³/mol. The minimum absolute atomic E-state index is 0.0436. The normalized spacial score (nSPS) is 11.0. The number of carbonyl (C=O) groups is 1. The van der Waals surface area contributed by atoms with Crippen molar-refractivity contribution in [3.05, 3.63) is 65.8 Å². The van der Waals surface area contributed by atoms with E-state index in [-0.39, 0.29) is 5.91 Å². The Hall–Kier alpha value is -2.77. The van der Waals surface area contributed by atoms with E-state index >= 15 is 0 Å². The van der Waals surface area contributed by atoms with Crippen LogP contribution in [0.25, 0.3) is 16.2 Å². The van der Waals surface area contributed by atoms with Gasteiger partial charge in [-0.25, -0.2) is 4.98 Å². The molecule has 0 aliphatic heterocycles. The molecule has 0 bridgehead atoms. The molecule has 0 radical (unpaired) electrons. The molecule has 4 rings (SSSR count). The number of nitrogens with zero attached hydrogens (tertiary/aromatic N) is 2. The quantitative estimate of drug-likeness (QED) is 0.406. The fourth-order valence-electron chi connectivity index (χ4n) is 3.03. The number of fused-ring (bicyclic) bond motifs is 1. The van der Waals surface area contributed by atoms with Crippen LogP contribution < -0.4 is 10.1 Å². The van der Waals surface area contributed by atoms with Gasteiger partial charge < -0.3 is 10.1 Å². The average molecular weight is 424 g/mol. The van der Waals surface area contributed by atoms with Crippen molar-refractivity contribution in [3.63, 3.8) is 0 Å². The molecule has 0 aliphatic carbocycles. The molecule has 0 aliphatic rings. The smallest absolute Gasteiger partial charge is 0.230 e. The van der Waals surface area contributed by atoms with Crippen molar-refractivity contribution in [3.8, 4) is 17.0 Å². The molecule has 7 heteroatoms. The third-order valence-electron chi connectivity index (χ3n) is 4.46. The molecule has 148 valence electrons. The first kappa shape index (κ1) is 19.5. The molecule has 1 amide bonds. The fraction of sp³-hybridized carbons (Fsp3) is 0.182. The molecule has 29 heavy (non-hydrogen) atoms. The highest BCUT2D eigenvalue weighted by Gasteiger charge is 2.13. The molecule has 2 heterocycles. The number of thioether (sulfide) groups is 1. The molecule has 1 N–H and O–H groups in total. The van der Waals surface area contributed by atoms with E-state index in [1.54, 1.807) is 11.8 Å². The van der Waals surface area contributed by atoms with Crippen LogP contribution in [0.2, 0.25) is 0 Å². The molecule has 4 aromatic rings. The Morgan fingerprint density at radius 2 is 1.93 bits per heavy atom. The van der Waals surface area contributed by atoms with Crippen LogP contribution in [0.4, 0.5) is 5.69 Å². The number of hydrogen-bond donors (Lipinski definition) is 1. The summed E-state index contributed by atoms with van der Waals surface area (Å²) in [6, 6.07) is 15.8. The lowest BCUT2D eigenvalue weighted by Crippen LogP contribution is -2.15. The van der Waals surface area contributed by atoms with Crippen LogP contribution in [0.3, 0.4) is 0 Å². The van der Waals surface area contributed by atoms with Crippen molar-refractivity contribution in [2.24, 2.45) is 0 Å². The van der Waals surface area contributed by atoms with E-state index in [4.69, 9.17) is 9.72 Å². The minimum atomic E-state index is -0.0436. The van der Waals surface area contributed by atoms with Gasteiger partial charge in [-0.05, 0) is 61.7 Å². The molecule has 2 aromatic heterocycles. The number of carbonyl (C=O) groups excluding carboxylic acids is 1. The van der Waals surface area contributed by atoms with Crippen LogP contribution in [0, 0.1) is 0 Å². The van der Waals surface area contributed by atoms with Gasteiger partial charge in [0.15, 0.2) is 4.96 Å². The molecule has 0 spiro atoms. The van der Waals surface area contributed by atoms with Crippen LogP contribution in [0.5, 0.6) is 5.75 Å². The monoisotopic (exact) mass is 423 g/mol. The van der Waals surface area contributed by atoms with Gasteiger partial charge in [-0.1, -0.05) is 0 Å². The molecule has 0 saturated carbocycles. The van der Waals surface area contributed by atoms with Crippen LogP contribution >= 0.6 is 23.1 Å². The van der Waals surface area contributed by atoms with E-state index < -0.39 is 0 Å². The van der Waals surface area contributed by atoms with E-state index in [2.05, 4.69) is 5.32 Å². The molecule has 5 nitrogen and oxygen atoms in total. The van der Waals surface area contributed by atoms with Gasteiger partial charge in [-0.2, -0.15) is 0 Å². The van der Waals surface area contributed by atoms with Crippen LogP contribution in [-0.4, -0.2) is 28.2 Å². The number of rotatable bonds is 7. The topological polar surface area (TPSA) is 55.6 Å². The van der Waals surface area contributed by atoms with Gasteiger partial charge in [0.05, 0.1) is 18.7 Å². The van der Waals surface area contributed by atoms with Crippen molar-refractivity contribution in [2.75, 3.05) is 18.2 Å². The number of aromatic nitrogens is 2. The summed E-state index contributed by atoms with van der Waals surface area (Å²) in [7, 11) is 0. The SMILES string of the molecule is CCOc1ccc(-c2cn3c(CC(=O)Nc4ccc(SC)cc4)csc3n2)cc1. The molecular formula is C22H21N3O2S2. The second-order valence-corrected chi connectivity index (χ2v) is 8.13. The first-order valence-corrected chi connectivity index (χ1v) is 11.4. The zero-order valence-corrected chi connectivity index (χ0v) is 17.8. The molecule has 0 atom stereocenters. The van der Waals surface area contributed by atoms with Crippen LogP contribution in [-0.2, 0) is 11.2 Å². The van der Waals surface area contributed by atoms with Gasteiger partial charge in [0.1, 0.15) is 5.75 Å². The van der Waals surface area contributed by atoms with Gasteiger partial charge in [0, 0.05) is 33.4 Å². The Morgan fingerprint density at radius 3 is 2.62 bits per heavy atom. The van der Waals surface area contributed by atoms with Crippen molar-refractivity contribution < 1.29 is 9.53 Å². The Balaban J connectivity index is 1.48.